The third-order valence-corrected chi connectivity index (χ3v) is 4.42. The third kappa shape index (κ3) is 6.13. The molecule has 0 aromatic rings. The molecule has 2 heteroatoms. The van der Waals surface area contributed by atoms with Crippen molar-refractivity contribution in [2.24, 2.45) is 11.8 Å². The number of hydrogen-bond acceptors (Lipinski definition) is 0. The Balaban J connectivity index is 0.000000181. The van der Waals surface area contributed by atoms with Gasteiger partial charge in [-0.3, -0.25) is 0 Å². The Bertz CT molecular complexity index is 391. The van der Waals surface area contributed by atoms with E-state index in [1.807, 2.05) is 0 Å². The Kier molecular flexibility index (Phi) is 10.2. The van der Waals surface area contributed by atoms with Crippen LogP contribution in [0.2, 0.25) is 13.1 Å². The van der Waals surface area contributed by atoms with Crippen molar-refractivity contribution in [1.29, 1.82) is 0 Å². The van der Waals surface area contributed by atoms with Crippen molar-refractivity contribution in [2.45, 2.75) is 51.6 Å². The Labute approximate surface area is 159 Å². The topological polar surface area (TPSA) is 0 Å². The molecule has 0 amide bonds. The molecule has 2 saturated carbocycles. The predicted octanol–water partition coefficient (Wildman–Crippen LogP) is 5.49. The van der Waals surface area contributed by atoms with Crippen LogP contribution in [0.5, 0.6) is 0 Å². The van der Waals surface area contributed by atoms with E-state index in [0.717, 1.165) is 21.4 Å². The van der Waals surface area contributed by atoms with Gasteiger partial charge in [0.2, 0.25) is 0 Å². The summed E-state index contributed by atoms with van der Waals surface area (Å²) >= 11 is 0. The van der Waals surface area contributed by atoms with Gasteiger partial charge in [-0.2, -0.15) is 0 Å². The van der Waals surface area contributed by atoms with Crippen molar-refractivity contribution in [2.75, 3.05) is 0 Å². The Morgan fingerprint density at radius 3 is 1.64 bits per heavy atom. The molecule has 0 saturated heterocycles. The average molecular weight is 389 g/mol. The van der Waals surface area contributed by atoms with Crippen molar-refractivity contribution < 1.29 is 26.2 Å². The molecule has 0 aliphatic heterocycles. The molecule has 0 spiro atoms. The van der Waals surface area contributed by atoms with Gasteiger partial charge in [0.1, 0.15) is 0 Å². The molecule has 0 N–H and O–H groups in total. The molecule has 4 aliphatic carbocycles. The van der Waals surface area contributed by atoms with E-state index in [2.05, 4.69) is 62.4 Å². The van der Waals surface area contributed by atoms with E-state index in [9.17, 15) is 0 Å². The Hall–Kier alpha value is -0.200. The van der Waals surface area contributed by atoms with Crippen molar-refractivity contribution in [3.8, 4) is 0 Å². The van der Waals surface area contributed by atoms with Gasteiger partial charge in [0, 0.05) is 35.7 Å². The summed E-state index contributed by atoms with van der Waals surface area (Å²) in [5.74, 6) is 1.77. The summed E-state index contributed by atoms with van der Waals surface area (Å²) in [7, 11) is 0.750. The molecule has 2 atom stereocenters. The zero-order chi connectivity index (χ0) is 14.9. The molecule has 119 valence electrons. The molecular weight excluding hydrogens is 360 g/mol. The summed E-state index contributed by atoms with van der Waals surface area (Å²) < 4.78 is 0. The molecule has 22 heavy (non-hydrogen) atoms. The van der Waals surface area contributed by atoms with E-state index in [-0.39, 0.29) is 26.2 Å². The van der Waals surface area contributed by atoms with Crippen molar-refractivity contribution in [1.82, 2.24) is 0 Å². The second kappa shape index (κ2) is 11.4. The third-order valence-electron chi connectivity index (χ3n) is 4.42. The minimum atomic E-state index is 0. The Morgan fingerprint density at radius 2 is 1.27 bits per heavy atom. The van der Waals surface area contributed by atoms with Crippen LogP contribution in [-0.4, -0.2) is 9.52 Å². The van der Waals surface area contributed by atoms with Crippen LogP contribution < -0.4 is 0 Å². The summed E-state index contributed by atoms with van der Waals surface area (Å²) in [5, 5.41) is 0. The molecule has 2 fully saturated rings. The van der Waals surface area contributed by atoms with Crippen LogP contribution in [0.15, 0.2) is 47.6 Å². The largest absolute Gasteiger partial charge is 0.227 e. The van der Waals surface area contributed by atoms with E-state index in [1.165, 1.54) is 38.5 Å². The van der Waals surface area contributed by atoms with Crippen LogP contribution >= 0.6 is 0 Å². The molecule has 0 nitrogen and oxygen atoms in total. The molecule has 1 radical (unpaired) electrons. The monoisotopic (exact) mass is 387 g/mol. The molecule has 0 bridgehead atoms. The quantitative estimate of drug-likeness (QED) is 0.380. The normalized spacial score (nSPS) is 26.3. The molecule has 0 aromatic carbocycles. The van der Waals surface area contributed by atoms with E-state index in [4.69, 9.17) is 0 Å². The van der Waals surface area contributed by atoms with Gasteiger partial charge in [-0.05, 0) is 24.7 Å². The fourth-order valence-corrected chi connectivity index (χ4v) is 3.33. The minimum absolute atomic E-state index is 0. The second-order valence-electron chi connectivity index (χ2n) is 6.20. The molecule has 2 unspecified atom stereocenters. The summed E-state index contributed by atoms with van der Waals surface area (Å²) in [5.41, 5.74) is 3.16. The number of fused-ring (bicyclic) bond motifs is 2. The SMILES string of the molecule is C1=CCC2CC[CH-]C2=C1.C1=CCC2CC[CH-]C2=C1.C[SiH]C.[Zr]. The van der Waals surface area contributed by atoms with Crippen LogP contribution in [0.4, 0.5) is 0 Å². The molecule has 4 aliphatic rings. The average Bonchev–Trinajstić information content (AvgIpc) is 3.17. The summed E-state index contributed by atoms with van der Waals surface area (Å²) in [4.78, 5) is 0. The predicted molar refractivity (Wildman–Crippen MR) is 96.6 cm³/mol. The van der Waals surface area contributed by atoms with Crippen molar-refractivity contribution in [3.05, 3.63) is 60.4 Å². The van der Waals surface area contributed by atoms with Gasteiger partial charge in [-0.15, -0.1) is 37.1 Å². The van der Waals surface area contributed by atoms with Crippen molar-refractivity contribution >= 4 is 9.52 Å². The standard InChI is InChI=1S/2C9H11.C2H7Si.Zr/c2*1-2-5-9-7-3-6-8(9)4-1;1-3-2;/h2*1-2,4,6,9H,3,5,7H2;3H,1-2H3;/q2*-1;;. The fraction of sp³-hybridized carbons (Fsp3) is 0.500. The Morgan fingerprint density at radius 1 is 0.864 bits per heavy atom. The van der Waals surface area contributed by atoms with Crippen LogP contribution in [0.3, 0.4) is 0 Å². The molecule has 0 heterocycles. The zero-order valence-corrected chi connectivity index (χ0v) is 17.7. The van der Waals surface area contributed by atoms with Gasteiger partial charge in [-0.25, -0.2) is 36.1 Å². The molecular formula is C20H29SiZr-2. The van der Waals surface area contributed by atoms with Crippen LogP contribution in [0.1, 0.15) is 38.5 Å². The second-order valence-corrected chi connectivity index (χ2v) is 7.35. The van der Waals surface area contributed by atoms with E-state index >= 15 is 0 Å². The summed E-state index contributed by atoms with van der Waals surface area (Å²) in [6, 6.07) is 0. The maximum absolute atomic E-state index is 2.37. The summed E-state index contributed by atoms with van der Waals surface area (Å²) in [6.45, 7) is 4.42. The van der Waals surface area contributed by atoms with Crippen molar-refractivity contribution in [3.63, 3.8) is 0 Å². The summed E-state index contributed by atoms with van der Waals surface area (Å²) in [6.07, 6.45) is 26.1. The maximum Gasteiger partial charge on any atom is 0.0213 e. The number of rotatable bonds is 0. The van der Waals surface area contributed by atoms with Gasteiger partial charge in [0.05, 0.1) is 0 Å². The van der Waals surface area contributed by atoms with Crippen LogP contribution in [0.25, 0.3) is 0 Å². The van der Waals surface area contributed by atoms with Crippen LogP contribution in [0, 0.1) is 24.7 Å². The van der Waals surface area contributed by atoms with Crippen LogP contribution in [-0.2, 0) is 26.2 Å². The van der Waals surface area contributed by atoms with E-state index in [0.29, 0.717) is 0 Å². The zero-order valence-electron chi connectivity index (χ0n) is 14.1. The van der Waals surface area contributed by atoms with Gasteiger partial charge in [0.25, 0.3) is 0 Å². The number of hydrogen-bond donors (Lipinski definition) is 0. The van der Waals surface area contributed by atoms with Gasteiger partial charge in [-0.1, -0.05) is 25.9 Å². The van der Waals surface area contributed by atoms with Gasteiger partial charge < -0.3 is 0 Å². The van der Waals surface area contributed by atoms with Gasteiger partial charge >= 0.3 is 0 Å². The fourth-order valence-electron chi connectivity index (χ4n) is 3.33. The maximum atomic E-state index is 2.37. The first-order valence-electron chi connectivity index (χ1n) is 8.49. The number of allylic oxidation sites excluding steroid dienone is 8. The van der Waals surface area contributed by atoms with E-state index < -0.39 is 0 Å². The molecule has 4 rings (SSSR count). The molecule has 0 aromatic heterocycles. The first kappa shape index (κ1) is 19.8. The first-order valence-corrected chi connectivity index (χ1v) is 10.8. The van der Waals surface area contributed by atoms with Gasteiger partial charge in [0.15, 0.2) is 0 Å². The first-order chi connectivity index (χ1) is 10.3. The van der Waals surface area contributed by atoms with E-state index in [1.54, 1.807) is 11.1 Å². The minimum Gasteiger partial charge on any atom is -0.227 e. The smallest absolute Gasteiger partial charge is 0.0213 e.